The molecule has 1 N–H and O–H groups in total. The van der Waals surface area contributed by atoms with E-state index >= 15 is 0 Å². The van der Waals surface area contributed by atoms with Crippen molar-refractivity contribution in [2.75, 3.05) is 38.8 Å². The van der Waals surface area contributed by atoms with Crippen molar-refractivity contribution in [1.82, 2.24) is 5.32 Å². The molecule has 0 amide bonds. The normalized spacial score (nSPS) is 16.6. The molecule has 0 saturated carbocycles. The van der Waals surface area contributed by atoms with Gasteiger partial charge >= 0.3 is 0 Å². The number of nitrogens with one attached hydrogen (secondary N) is 1. The lowest BCUT2D eigenvalue weighted by Crippen LogP contribution is -2.29. The van der Waals surface area contributed by atoms with E-state index in [9.17, 15) is 4.39 Å². The van der Waals surface area contributed by atoms with Crippen LogP contribution in [0.5, 0.6) is 0 Å². The summed E-state index contributed by atoms with van der Waals surface area (Å²) in [6, 6.07) is 5.25. The molecule has 0 aromatic heterocycles. The fraction of sp³-hybridized carbons (Fsp3) is 0.600. The topological polar surface area (TPSA) is 24.5 Å². The Kier molecular flexibility index (Phi) is 5.16. The van der Waals surface area contributed by atoms with Crippen molar-refractivity contribution >= 4 is 5.69 Å². The van der Waals surface area contributed by atoms with E-state index in [1.807, 2.05) is 14.1 Å². The average molecular weight is 266 g/mol. The highest BCUT2D eigenvalue weighted by atomic mass is 19.1. The first kappa shape index (κ1) is 14.3. The molecule has 19 heavy (non-hydrogen) atoms. The van der Waals surface area contributed by atoms with Gasteiger partial charge in [-0.2, -0.15) is 0 Å². The molecular weight excluding hydrogens is 243 g/mol. The second kappa shape index (κ2) is 6.87. The first-order valence-corrected chi connectivity index (χ1v) is 6.92. The molecule has 0 aliphatic carbocycles. The molecule has 1 aromatic carbocycles. The number of hydrogen-bond acceptors (Lipinski definition) is 3. The predicted molar refractivity (Wildman–Crippen MR) is 76.0 cm³/mol. The van der Waals surface area contributed by atoms with Gasteiger partial charge in [0.05, 0.1) is 0 Å². The van der Waals surface area contributed by atoms with E-state index in [1.165, 1.54) is 0 Å². The zero-order valence-electron chi connectivity index (χ0n) is 11.8. The van der Waals surface area contributed by atoms with Gasteiger partial charge in [0.15, 0.2) is 0 Å². The number of anilines is 1. The van der Waals surface area contributed by atoms with Crippen molar-refractivity contribution in [3.05, 3.63) is 29.6 Å². The van der Waals surface area contributed by atoms with Gasteiger partial charge in [-0.3, -0.25) is 0 Å². The SMILES string of the molecule is CNCc1cc(F)cc(N(C)CC2CCOCC2)c1. The maximum atomic E-state index is 13.6. The van der Waals surface area contributed by atoms with Crippen LogP contribution in [0.3, 0.4) is 0 Å². The maximum absolute atomic E-state index is 13.6. The van der Waals surface area contributed by atoms with Crippen LogP contribution < -0.4 is 10.2 Å². The molecule has 1 aromatic rings. The van der Waals surface area contributed by atoms with Crippen LogP contribution in [0.15, 0.2) is 18.2 Å². The molecule has 1 aliphatic heterocycles. The molecule has 0 atom stereocenters. The summed E-state index contributed by atoms with van der Waals surface area (Å²) in [4.78, 5) is 2.15. The fourth-order valence-corrected chi connectivity index (χ4v) is 2.58. The Bertz CT molecular complexity index is 405. The molecule has 0 spiro atoms. The van der Waals surface area contributed by atoms with Gasteiger partial charge in [-0.05, 0) is 49.6 Å². The zero-order valence-corrected chi connectivity index (χ0v) is 11.8. The van der Waals surface area contributed by atoms with Crippen LogP contribution in [0.4, 0.5) is 10.1 Å². The van der Waals surface area contributed by atoms with E-state index in [0.717, 1.165) is 43.9 Å². The fourth-order valence-electron chi connectivity index (χ4n) is 2.58. The smallest absolute Gasteiger partial charge is 0.125 e. The van der Waals surface area contributed by atoms with Crippen molar-refractivity contribution in [1.29, 1.82) is 0 Å². The highest BCUT2D eigenvalue weighted by molar-refractivity contribution is 5.48. The Balaban J connectivity index is 2.02. The Hall–Kier alpha value is -1.13. The molecular formula is C15H23FN2O. The summed E-state index contributed by atoms with van der Waals surface area (Å²) in [7, 11) is 3.91. The first-order valence-electron chi connectivity index (χ1n) is 6.92. The summed E-state index contributed by atoms with van der Waals surface area (Å²) in [5, 5.41) is 3.06. The van der Waals surface area contributed by atoms with Crippen molar-refractivity contribution in [2.45, 2.75) is 19.4 Å². The van der Waals surface area contributed by atoms with Crippen molar-refractivity contribution in [3.8, 4) is 0 Å². The Morgan fingerprint density at radius 1 is 1.32 bits per heavy atom. The summed E-state index contributed by atoms with van der Waals surface area (Å²) in [5.74, 6) is 0.483. The highest BCUT2D eigenvalue weighted by Gasteiger charge is 2.16. The third kappa shape index (κ3) is 4.18. The second-order valence-corrected chi connectivity index (χ2v) is 5.28. The third-order valence-electron chi connectivity index (χ3n) is 3.64. The van der Waals surface area contributed by atoms with Gasteiger partial charge in [-0.25, -0.2) is 4.39 Å². The maximum Gasteiger partial charge on any atom is 0.125 e. The van der Waals surface area contributed by atoms with Crippen LogP contribution in [0, 0.1) is 11.7 Å². The predicted octanol–water partition coefficient (Wildman–Crippen LogP) is 2.41. The summed E-state index contributed by atoms with van der Waals surface area (Å²) in [6.07, 6.45) is 2.20. The number of nitrogens with zero attached hydrogens (tertiary/aromatic N) is 1. The van der Waals surface area contributed by atoms with E-state index < -0.39 is 0 Å². The summed E-state index contributed by atoms with van der Waals surface area (Å²) >= 11 is 0. The molecule has 1 heterocycles. The van der Waals surface area contributed by atoms with Crippen molar-refractivity contribution < 1.29 is 9.13 Å². The van der Waals surface area contributed by atoms with Gasteiger partial charge in [-0.1, -0.05) is 0 Å². The largest absolute Gasteiger partial charge is 0.381 e. The summed E-state index contributed by atoms with van der Waals surface area (Å²) < 4.78 is 19.0. The second-order valence-electron chi connectivity index (χ2n) is 5.28. The van der Waals surface area contributed by atoms with E-state index in [1.54, 1.807) is 12.1 Å². The molecule has 1 saturated heterocycles. The van der Waals surface area contributed by atoms with E-state index in [2.05, 4.69) is 16.3 Å². The van der Waals surface area contributed by atoms with Crippen LogP contribution >= 0.6 is 0 Å². The van der Waals surface area contributed by atoms with E-state index in [0.29, 0.717) is 12.5 Å². The average Bonchev–Trinajstić information content (AvgIpc) is 2.39. The first-order chi connectivity index (χ1) is 9.19. The Morgan fingerprint density at radius 3 is 2.74 bits per heavy atom. The van der Waals surface area contributed by atoms with Crippen LogP contribution in [-0.2, 0) is 11.3 Å². The van der Waals surface area contributed by atoms with Crippen molar-refractivity contribution in [2.24, 2.45) is 5.92 Å². The highest BCUT2D eigenvalue weighted by Crippen LogP contribution is 2.22. The number of ether oxygens (including phenoxy) is 1. The van der Waals surface area contributed by atoms with Gasteiger partial charge in [0, 0.05) is 39.0 Å². The Morgan fingerprint density at radius 2 is 2.05 bits per heavy atom. The van der Waals surface area contributed by atoms with E-state index in [-0.39, 0.29) is 5.82 Å². The number of halogens is 1. The third-order valence-corrected chi connectivity index (χ3v) is 3.64. The van der Waals surface area contributed by atoms with Gasteiger partial charge < -0.3 is 15.0 Å². The van der Waals surface area contributed by atoms with Gasteiger partial charge in [0.25, 0.3) is 0 Å². The quantitative estimate of drug-likeness (QED) is 0.885. The lowest BCUT2D eigenvalue weighted by molar-refractivity contribution is 0.0685. The molecule has 1 aliphatic rings. The van der Waals surface area contributed by atoms with Gasteiger partial charge in [0.1, 0.15) is 5.82 Å². The van der Waals surface area contributed by atoms with Crippen LogP contribution in [0.1, 0.15) is 18.4 Å². The minimum atomic E-state index is -0.165. The number of hydrogen-bond donors (Lipinski definition) is 1. The minimum absolute atomic E-state index is 0.165. The molecule has 4 heteroatoms. The van der Waals surface area contributed by atoms with Crippen LogP contribution in [0.25, 0.3) is 0 Å². The number of benzene rings is 1. The summed E-state index contributed by atoms with van der Waals surface area (Å²) in [6.45, 7) is 3.36. The zero-order chi connectivity index (χ0) is 13.7. The minimum Gasteiger partial charge on any atom is -0.381 e. The van der Waals surface area contributed by atoms with Gasteiger partial charge in [-0.15, -0.1) is 0 Å². The molecule has 1 fully saturated rings. The monoisotopic (exact) mass is 266 g/mol. The number of rotatable bonds is 5. The Labute approximate surface area is 114 Å². The standard InChI is InChI=1S/C15H23FN2O/c1-17-10-13-7-14(16)9-15(8-13)18(2)11-12-3-5-19-6-4-12/h7-9,12,17H,3-6,10-11H2,1-2H3. The molecule has 3 nitrogen and oxygen atoms in total. The van der Waals surface area contributed by atoms with Crippen molar-refractivity contribution in [3.63, 3.8) is 0 Å². The van der Waals surface area contributed by atoms with E-state index in [4.69, 9.17) is 4.74 Å². The molecule has 0 radical (unpaired) electrons. The lowest BCUT2D eigenvalue weighted by Gasteiger charge is -2.28. The van der Waals surface area contributed by atoms with Crippen LogP contribution in [-0.4, -0.2) is 33.9 Å². The molecule has 2 rings (SSSR count). The van der Waals surface area contributed by atoms with Crippen LogP contribution in [0.2, 0.25) is 0 Å². The molecule has 0 unspecified atom stereocenters. The molecule has 106 valence electrons. The summed E-state index contributed by atoms with van der Waals surface area (Å²) in [5.41, 5.74) is 1.94. The lowest BCUT2D eigenvalue weighted by atomic mass is 9.99. The molecule has 0 bridgehead atoms. The van der Waals surface area contributed by atoms with Gasteiger partial charge in [0.2, 0.25) is 0 Å².